The van der Waals surface area contributed by atoms with Gasteiger partial charge >= 0.3 is 5.97 Å². The van der Waals surface area contributed by atoms with E-state index in [0.29, 0.717) is 36.8 Å². The number of fused-ring (bicyclic) bond motifs is 1. The van der Waals surface area contributed by atoms with Gasteiger partial charge in [0.1, 0.15) is 5.82 Å². The summed E-state index contributed by atoms with van der Waals surface area (Å²) in [6, 6.07) is 2.24. The summed E-state index contributed by atoms with van der Waals surface area (Å²) in [7, 11) is 0. The average Bonchev–Trinajstić information content (AvgIpc) is 2.72. The fourth-order valence-corrected chi connectivity index (χ4v) is 2.24. The van der Waals surface area contributed by atoms with E-state index in [-0.39, 0.29) is 6.42 Å². The van der Waals surface area contributed by atoms with Gasteiger partial charge in [-0.2, -0.15) is 0 Å². The van der Waals surface area contributed by atoms with Gasteiger partial charge in [0.05, 0.1) is 11.0 Å². The molecule has 2 rings (SSSR count). The SMILES string of the molecule is CCc1nc2cc(F)c(F)cc2n1CCCCC(=O)O. The molecule has 1 aromatic carbocycles. The van der Waals surface area contributed by atoms with Crippen molar-refractivity contribution >= 4 is 17.0 Å². The first-order valence-electron chi connectivity index (χ1n) is 6.59. The molecule has 0 saturated heterocycles. The van der Waals surface area contributed by atoms with Crippen molar-refractivity contribution in [2.45, 2.75) is 39.2 Å². The van der Waals surface area contributed by atoms with Gasteiger partial charge in [0, 0.05) is 31.5 Å². The van der Waals surface area contributed by atoms with Crippen LogP contribution in [0.3, 0.4) is 0 Å². The monoisotopic (exact) mass is 282 g/mol. The van der Waals surface area contributed by atoms with Crippen LogP contribution in [0.15, 0.2) is 12.1 Å². The van der Waals surface area contributed by atoms with Crippen LogP contribution in [-0.2, 0) is 17.8 Å². The van der Waals surface area contributed by atoms with Gasteiger partial charge in [0.25, 0.3) is 0 Å². The highest BCUT2D eigenvalue weighted by atomic mass is 19.2. The third kappa shape index (κ3) is 2.95. The molecule has 0 aliphatic heterocycles. The minimum Gasteiger partial charge on any atom is -0.481 e. The maximum absolute atomic E-state index is 13.3. The quantitative estimate of drug-likeness (QED) is 0.828. The van der Waals surface area contributed by atoms with Gasteiger partial charge in [0.15, 0.2) is 11.6 Å². The van der Waals surface area contributed by atoms with Crippen LogP contribution in [0.1, 0.15) is 32.0 Å². The smallest absolute Gasteiger partial charge is 0.303 e. The number of hydrogen-bond donors (Lipinski definition) is 1. The lowest BCUT2D eigenvalue weighted by Crippen LogP contribution is -2.04. The molecule has 0 saturated carbocycles. The number of carboxylic acids is 1. The highest BCUT2D eigenvalue weighted by Gasteiger charge is 2.13. The summed E-state index contributed by atoms with van der Waals surface area (Å²) in [5.41, 5.74) is 0.982. The van der Waals surface area contributed by atoms with E-state index < -0.39 is 17.6 Å². The number of halogens is 2. The first kappa shape index (κ1) is 14.4. The maximum Gasteiger partial charge on any atom is 0.303 e. The second-order valence-electron chi connectivity index (χ2n) is 4.64. The number of hydrogen-bond acceptors (Lipinski definition) is 2. The van der Waals surface area contributed by atoms with Crippen LogP contribution < -0.4 is 0 Å². The number of carbonyl (C=O) groups is 1. The zero-order valence-electron chi connectivity index (χ0n) is 11.2. The summed E-state index contributed by atoms with van der Waals surface area (Å²) >= 11 is 0. The minimum atomic E-state index is -0.907. The van der Waals surface area contributed by atoms with Crippen molar-refractivity contribution in [1.29, 1.82) is 0 Å². The molecular formula is C14H16F2N2O2. The summed E-state index contributed by atoms with van der Waals surface area (Å²) in [5.74, 6) is -1.88. The van der Waals surface area contributed by atoms with E-state index in [1.807, 2.05) is 11.5 Å². The van der Waals surface area contributed by atoms with Crippen molar-refractivity contribution in [2.24, 2.45) is 0 Å². The van der Waals surface area contributed by atoms with Crippen LogP contribution in [0, 0.1) is 11.6 Å². The molecule has 1 aromatic heterocycles. The number of aryl methyl sites for hydroxylation is 2. The molecule has 0 fully saturated rings. The topological polar surface area (TPSA) is 55.1 Å². The third-order valence-corrected chi connectivity index (χ3v) is 3.21. The Hall–Kier alpha value is -1.98. The molecule has 0 atom stereocenters. The summed E-state index contributed by atoms with van der Waals surface area (Å²) in [6.07, 6.45) is 1.96. The minimum absolute atomic E-state index is 0.108. The predicted octanol–water partition coefficient (Wildman–Crippen LogP) is 3.13. The van der Waals surface area contributed by atoms with E-state index in [2.05, 4.69) is 4.98 Å². The molecule has 1 N–H and O–H groups in total. The van der Waals surface area contributed by atoms with Crippen molar-refractivity contribution < 1.29 is 18.7 Å². The van der Waals surface area contributed by atoms with Crippen molar-refractivity contribution in [3.05, 3.63) is 29.6 Å². The van der Waals surface area contributed by atoms with Crippen LogP contribution in [-0.4, -0.2) is 20.6 Å². The average molecular weight is 282 g/mol. The normalized spacial score (nSPS) is 11.2. The van der Waals surface area contributed by atoms with E-state index in [4.69, 9.17) is 5.11 Å². The molecule has 0 bridgehead atoms. The van der Waals surface area contributed by atoms with Gasteiger partial charge in [-0.15, -0.1) is 0 Å². The zero-order chi connectivity index (χ0) is 14.7. The van der Waals surface area contributed by atoms with Crippen LogP contribution in [0.2, 0.25) is 0 Å². The second-order valence-corrected chi connectivity index (χ2v) is 4.64. The Balaban J connectivity index is 2.25. The lowest BCUT2D eigenvalue weighted by molar-refractivity contribution is -0.137. The Morgan fingerprint density at radius 3 is 2.65 bits per heavy atom. The standard InChI is InChI=1S/C14H16F2N2O2/c1-2-13-17-11-7-9(15)10(16)8-12(11)18(13)6-4-3-5-14(19)20/h7-8H,2-6H2,1H3,(H,19,20). The first-order valence-corrected chi connectivity index (χ1v) is 6.59. The number of unbranched alkanes of at least 4 members (excludes halogenated alkanes) is 1. The summed E-state index contributed by atoms with van der Waals surface area (Å²) in [4.78, 5) is 14.8. The molecule has 0 aliphatic rings. The number of aliphatic carboxylic acids is 1. The molecule has 20 heavy (non-hydrogen) atoms. The fraction of sp³-hybridized carbons (Fsp3) is 0.429. The van der Waals surface area contributed by atoms with E-state index in [0.717, 1.165) is 18.0 Å². The van der Waals surface area contributed by atoms with Gasteiger partial charge in [-0.3, -0.25) is 4.79 Å². The Kier molecular flexibility index (Phi) is 4.32. The largest absolute Gasteiger partial charge is 0.481 e. The zero-order valence-corrected chi connectivity index (χ0v) is 11.2. The number of benzene rings is 1. The Bertz CT molecular complexity index is 638. The molecule has 108 valence electrons. The first-order chi connectivity index (χ1) is 9.52. The number of nitrogens with zero attached hydrogens (tertiary/aromatic N) is 2. The Labute approximate surface area is 115 Å². The molecule has 4 nitrogen and oxygen atoms in total. The highest BCUT2D eigenvalue weighted by Crippen LogP contribution is 2.21. The van der Waals surface area contributed by atoms with Crippen LogP contribution in [0.5, 0.6) is 0 Å². The number of carboxylic acid groups (broad SMARTS) is 1. The Morgan fingerprint density at radius 2 is 2.00 bits per heavy atom. The van der Waals surface area contributed by atoms with Crippen molar-refractivity contribution in [3.8, 4) is 0 Å². The van der Waals surface area contributed by atoms with Crippen molar-refractivity contribution in [2.75, 3.05) is 0 Å². The van der Waals surface area contributed by atoms with Crippen molar-refractivity contribution in [1.82, 2.24) is 9.55 Å². The van der Waals surface area contributed by atoms with Crippen molar-refractivity contribution in [3.63, 3.8) is 0 Å². The van der Waals surface area contributed by atoms with Gasteiger partial charge < -0.3 is 9.67 Å². The van der Waals surface area contributed by atoms with E-state index in [9.17, 15) is 13.6 Å². The van der Waals surface area contributed by atoms with Gasteiger partial charge in [-0.05, 0) is 12.8 Å². The summed E-state index contributed by atoms with van der Waals surface area (Å²) in [6.45, 7) is 2.47. The summed E-state index contributed by atoms with van der Waals surface area (Å²) < 4.78 is 28.4. The molecule has 0 unspecified atom stereocenters. The lowest BCUT2D eigenvalue weighted by atomic mass is 10.2. The molecule has 2 aromatic rings. The molecule has 6 heteroatoms. The number of rotatable bonds is 6. The molecule has 0 spiro atoms. The van der Waals surface area contributed by atoms with Gasteiger partial charge in [-0.1, -0.05) is 6.92 Å². The van der Waals surface area contributed by atoms with Gasteiger partial charge in [0.2, 0.25) is 0 Å². The van der Waals surface area contributed by atoms with Gasteiger partial charge in [-0.25, -0.2) is 13.8 Å². The predicted molar refractivity (Wildman–Crippen MR) is 70.5 cm³/mol. The van der Waals surface area contributed by atoms with E-state index in [1.54, 1.807) is 0 Å². The van der Waals surface area contributed by atoms with Crippen LogP contribution >= 0.6 is 0 Å². The fourth-order valence-electron chi connectivity index (χ4n) is 2.24. The summed E-state index contributed by atoms with van der Waals surface area (Å²) in [5, 5.41) is 8.60. The van der Waals surface area contributed by atoms with E-state index in [1.165, 1.54) is 0 Å². The number of imidazole rings is 1. The highest BCUT2D eigenvalue weighted by molar-refractivity contribution is 5.76. The van der Waals surface area contributed by atoms with Crippen LogP contribution in [0.4, 0.5) is 8.78 Å². The third-order valence-electron chi connectivity index (χ3n) is 3.21. The number of aromatic nitrogens is 2. The molecule has 0 aliphatic carbocycles. The van der Waals surface area contributed by atoms with Crippen LogP contribution in [0.25, 0.3) is 11.0 Å². The maximum atomic E-state index is 13.3. The lowest BCUT2D eigenvalue weighted by Gasteiger charge is -2.07. The Morgan fingerprint density at radius 1 is 1.30 bits per heavy atom. The van der Waals surface area contributed by atoms with E-state index >= 15 is 0 Å². The second kappa shape index (κ2) is 5.98. The molecule has 1 heterocycles. The molecule has 0 amide bonds. The molecular weight excluding hydrogens is 266 g/mol. The molecule has 0 radical (unpaired) electrons.